The molecule has 2 N–H and O–H groups in total. The van der Waals surface area contributed by atoms with Crippen molar-refractivity contribution in [3.63, 3.8) is 0 Å². The maximum absolute atomic E-state index is 6.11. The summed E-state index contributed by atoms with van der Waals surface area (Å²) in [7, 11) is 1.64. The van der Waals surface area contributed by atoms with Gasteiger partial charge in [-0.05, 0) is 32.9 Å². The topological polar surface area (TPSA) is 61.5 Å². The Kier molecular flexibility index (Phi) is 2.57. The molecule has 4 heteroatoms. The number of rotatable bonds is 2. The minimum Gasteiger partial charge on any atom is -0.492 e. The first-order valence-electron chi connectivity index (χ1n) is 6.28. The fourth-order valence-electron chi connectivity index (χ4n) is 2.67. The monoisotopic (exact) mass is 259 g/mol. The summed E-state index contributed by atoms with van der Waals surface area (Å²) in [5.74, 6) is 2.37. The molecule has 19 heavy (non-hydrogen) atoms. The molecular formula is C15H17NO3. The molecule has 0 spiro atoms. The zero-order valence-electron chi connectivity index (χ0n) is 11.5. The maximum atomic E-state index is 6.11. The van der Waals surface area contributed by atoms with Crippen LogP contribution < -0.4 is 10.5 Å². The molecule has 3 aromatic rings. The van der Waals surface area contributed by atoms with Gasteiger partial charge in [-0.15, -0.1) is 0 Å². The lowest BCUT2D eigenvalue weighted by molar-refractivity contribution is 0.413. The van der Waals surface area contributed by atoms with Gasteiger partial charge in [0.25, 0.3) is 0 Å². The summed E-state index contributed by atoms with van der Waals surface area (Å²) in [5, 5.41) is 1.88. The van der Waals surface area contributed by atoms with E-state index in [0.717, 1.165) is 39.0 Å². The predicted molar refractivity (Wildman–Crippen MR) is 74.6 cm³/mol. The number of aryl methyl sites for hydroxylation is 2. The Morgan fingerprint density at radius 1 is 1.05 bits per heavy atom. The van der Waals surface area contributed by atoms with Crippen molar-refractivity contribution in [2.24, 2.45) is 5.73 Å². The second-order valence-electron chi connectivity index (χ2n) is 4.94. The van der Waals surface area contributed by atoms with Crippen LogP contribution in [-0.4, -0.2) is 7.11 Å². The fourth-order valence-corrected chi connectivity index (χ4v) is 2.67. The Bertz CT molecular complexity index is 707. The van der Waals surface area contributed by atoms with Crippen molar-refractivity contribution in [1.29, 1.82) is 0 Å². The molecule has 0 radical (unpaired) electrons. The molecule has 100 valence electrons. The lowest BCUT2D eigenvalue weighted by Crippen LogP contribution is -2.06. The van der Waals surface area contributed by atoms with E-state index in [-0.39, 0.29) is 6.04 Å². The maximum Gasteiger partial charge on any atom is 0.177 e. The van der Waals surface area contributed by atoms with Crippen molar-refractivity contribution < 1.29 is 13.6 Å². The van der Waals surface area contributed by atoms with Crippen LogP contribution in [0, 0.1) is 13.8 Å². The number of methoxy groups -OCH3 is 1. The quantitative estimate of drug-likeness (QED) is 0.759. The Hall–Kier alpha value is -1.94. The molecule has 0 amide bonds. The van der Waals surface area contributed by atoms with Gasteiger partial charge < -0.3 is 19.3 Å². The molecule has 0 saturated carbocycles. The van der Waals surface area contributed by atoms with Crippen LogP contribution in [-0.2, 0) is 0 Å². The van der Waals surface area contributed by atoms with E-state index in [1.807, 2.05) is 32.9 Å². The third-order valence-corrected chi connectivity index (χ3v) is 3.36. The summed E-state index contributed by atoms with van der Waals surface area (Å²) in [4.78, 5) is 0. The van der Waals surface area contributed by atoms with Crippen LogP contribution in [0.1, 0.15) is 30.0 Å². The number of benzene rings is 1. The van der Waals surface area contributed by atoms with Gasteiger partial charge in [0.15, 0.2) is 11.3 Å². The first-order chi connectivity index (χ1) is 9.02. The van der Waals surface area contributed by atoms with Crippen molar-refractivity contribution in [3.8, 4) is 5.75 Å². The van der Waals surface area contributed by atoms with E-state index >= 15 is 0 Å². The van der Waals surface area contributed by atoms with E-state index in [1.54, 1.807) is 7.11 Å². The molecule has 0 aliphatic heterocycles. The van der Waals surface area contributed by atoms with Gasteiger partial charge in [0.05, 0.1) is 12.5 Å². The molecule has 1 aromatic carbocycles. The summed E-state index contributed by atoms with van der Waals surface area (Å²) >= 11 is 0. The molecule has 0 aliphatic carbocycles. The number of fused-ring (bicyclic) bond motifs is 2. The fraction of sp³-hybridized carbons (Fsp3) is 0.333. The van der Waals surface area contributed by atoms with Gasteiger partial charge in [-0.1, -0.05) is 0 Å². The van der Waals surface area contributed by atoms with E-state index in [9.17, 15) is 0 Å². The molecule has 1 unspecified atom stereocenters. The predicted octanol–water partition coefficient (Wildman–Crippen LogP) is 3.82. The minimum atomic E-state index is -0.140. The van der Waals surface area contributed by atoms with Crippen molar-refractivity contribution in [2.45, 2.75) is 26.8 Å². The molecule has 0 aliphatic rings. The molecule has 4 nitrogen and oxygen atoms in total. The second-order valence-corrected chi connectivity index (χ2v) is 4.94. The van der Waals surface area contributed by atoms with Gasteiger partial charge in [-0.25, -0.2) is 0 Å². The molecule has 2 heterocycles. The molecule has 1 atom stereocenters. The van der Waals surface area contributed by atoms with E-state index < -0.39 is 0 Å². The van der Waals surface area contributed by atoms with Gasteiger partial charge >= 0.3 is 0 Å². The van der Waals surface area contributed by atoms with Crippen LogP contribution in [0.15, 0.2) is 21.0 Å². The highest BCUT2D eigenvalue weighted by Crippen LogP contribution is 2.42. The van der Waals surface area contributed by atoms with E-state index in [2.05, 4.69) is 0 Å². The smallest absolute Gasteiger partial charge is 0.177 e. The van der Waals surface area contributed by atoms with Gasteiger partial charge in [0.1, 0.15) is 17.1 Å². The number of hydrogen-bond donors (Lipinski definition) is 1. The summed E-state index contributed by atoms with van der Waals surface area (Å²) in [6.07, 6.45) is 0. The normalized spacial score (nSPS) is 13.3. The van der Waals surface area contributed by atoms with Crippen LogP contribution in [0.4, 0.5) is 0 Å². The highest BCUT2D eigenvalue weighted by atomic mass is 16.5. The second kappa shape index (κ2) is 4.03. The molecule has 3 rings (SSSR count). The van der Waals surface area contributed by atoms with Crippen LogP contribution in [0.3, 0.4) is 0 Å². The van der Waals surface area contributed by atoms with Gasteiger partial charge in [-0.2, -0.15) is 0 Å². The first-order valence-corrected chi connectivity index (χ1v) is 6.28. The first kappa shape index (κ1) is 12.1. The van der Waals surface area contributed by atoms with Crippen molar-refractivity contribution in [2.75, 3.05) is 7.11 Å². The number of ether oxygens (including phenoxy) is 1. The van der Waals surface area contributed by atoms with Gasteiger partial charge in [-0.3, -0.25) is 0 Å². The van der Waals surface area contributed by atoms with Crippen LogP contribution in [0.25, 0.3) is 21.9 Å². The van der Waals surface area contributed by atoms with Gasteiger partial charge in [0.2, 0.25) is 0 Å². The molecule has 0 fully saturated rings. The van der Waals surface area contributed by atoms with Crippen molar-refractivity contribution in [3.05, 3.63) is 29.2 Å². The van der Waals surface area contributed by atoms with Gasteiger partial charge in [0, 0.05) is 17.0 Å². The van der Waals surface area contributed by atoms with E-state index in [1.165, 1.54) is 0 Å². The molecular weight excluding hydrogens is 242 g/mol. The Labute approximate surface area is 111 Å². The zero-order chi connectivity index (χ0) is 13.7. The standard InChI is InChI=1S/C15H17NO3/c1-7-5-10-12(9(3)16)13-11(6-8(2)18-13)14(17-4)15(10)19-7/h5-6,9H,16H2,1-4H3. The lowest BCUT2D eigenvalue weighted by atomic mass is 10.0. The summed E-state index contributed by atoms with van der Waals surface area (Å²) in [6.45, 7) is 5.77. The third-order valence-electron chi connectivity index (χ3n) is 3.36. The van der Waals surface area contributed by atoms with Crippen LogP contribution in [0.2, 0.25) is 0 Å². The van der Waals surface area contributed by atoms with Crippen molar-refractivity contribution >= 4 is 21.9 Å². The van der Waals surface area contributed by atoms with Crippen LogP contribution in [0.5, 0.6) is 5.75 Å². The Morgan fingerprint density at radius 2 is 1.63 bits per heavy atom. The Morgan fingerprint density at radius 3 is 2.21 bits per heavy atom. The van der Waals surface area contributed by atoms with E-state index in [4.69, 9.17) is 19.3 Å². The number of nitrogens with two attached hydrogens (primary N) is 1. The highest BCUT2D eigenvalue weighted by Gasteiger charge is 2.22. The lowest BCUT2D eigenvalue weighted by Gasteiger charge is -2.10. The van der Waals surface area contributed by atoms with Crippen LogP contribution >= 0.6 is 0 Å². The summed E-state index contributed by atoms with van der Waals surface area (Å²) in [6, 6.07) is 3.80. The van der Waals surface area contributed by atoms with E-state index in [0.29, 0.717) is 5.75 Å². The average Bonchev–Trinajstić information content (AvgIpc) is 2.86. The highest BCUT2D eigenvalue weighted by molar-refractivity contribution is 6.05. The SMILES string of the molecule is COc1c2cc(C)oc2c(C(C)N)c2cc(C)oc12. The largest absolute Gasteiger partial charge is 0.492 e. The molecule has 0 saturated heterocycles. The zero-order valence-corrected chi connectivity index (χ0v) is 11.5. The average molecular weight is 259 g/mol. The van der Waals surface area contributed by atoms with Crippen molar-refractivity contribution in [1.82, 2.24) is 0 Å². The minimum absolute atomic E-state index is 0.140. The third kappa shape index (κ3) is 1.64. The number of furan rings is 2. The Balaban J connectivity index is 2.59. The summed E-state index contributed by atoms with van der Waals surface area (Å²) in [5.41, 5.74) is 8.61. The molecule has 2 aromatic heterocycles. The molecule has 0 bridgehead atoms. The number of hydrogen-bond acceptors (Lipinski definition) is 4. The summed E-state index contributed by atoms with van der Waals surface area (Å²) < 4.78 is 17.1.